The fraction of sp³-hybridized carbons (Fsp3) is 1.00. The smallest absolute Gasteiger partial charge is 0.154 e. The van der Waals surface area contributed by atoms with Crippen molar-refractivity contribution < 1.29 is 19.7 Å². The first-order valence-electron chi connectivity index (χ1n) is 4.80. The Morgan fingerprint density at radius 1 is 1.29 bits per heavy atom. The van der Waals surface area contributed by atoms with Crippen LogP contribution in [0.3, 0.4) is 0 Å². The second kappa shape index (κ2) is 12.8. The van der Waals surface area contributed by atoms with Gasteiger partial charge in [-0.2, -0.15) is 0 Å². The molecule has 0 bridgehead atoms. The molecular formula is C9H23NO4. The highest BCUT2D eigenvalue weighted by molar-refractivity contribution is 4.41. The van der Waals surface area contributed by atoms with Gasteiger partial charge in [0.15, 0.2) is 6.29 Å². The maximum absolute atomic E-state index is 8.79. The summed E-state index contributed by atoms with van der Waals surface area (Å²) in [4.78, 5) is 0. The van der Waals surface area contributed by atoms with Crippen LogP contribution < -0.4 is 5.73 Å². The lowest BCUT2D eigenvalue weighted by atomic mass is 10.4. The van der Waals surface area contributed by atoms with E-state index in [9.17, 15) is 0 Å². The first kappa shape index (κ1) is 16.2. The molecule has 0 saturated heterocycles. The van der Waals surface area contributed by atoms with E-state index in [1.54, 1.807) is 6.92 Å². The molecule has 0 aromatic heterocycles. The number of nitrogens with two attached hydrogens (primary N) is 1. The van der Waals surface area contributed by atoms with E-state index in [1.807, 2.05) is 13.8 Å². The molecule has 0 fully saturated rings. The first-order valence-corrected chi connectivity index (χ1v) is 4.80. The fourth-order valence-electron chi connectivity index (χ4n) is 0.558. The van der Waals surface area contributed by atoms with Crippen LogP contribution in [0.15, 0.2) is 0 Å². The van der Waals surface area contributed by atoms with Gasteiger partial charge in [-0.3, -0.25) is 0 Å². The Morgan fingerprint density at radius 3 is 2.07 bits per heavy atom. The van der Waals surface area contributed by atoms with Gasteiger partial charge in [0.2, 0.25) is 0 Å². The van der Waals surface area contributed by atoms with Crippen LogP contribution in [0.2, 0.25) is 0 Å². The van der Waals surface area contributed by atoms with Crippen molar-refractivity contribution in [1.82, 2.24) is 0 Å². The van der Waals surface area contributed by atoms with Crippen LogP contribution in [-0.2, 0) is 9.47 Å². The Bertz CT molecular complexity index is 98.8. The van der Waals surface area contributed by atoms with Crippen molar-refractivity contribution in [2.75, 3.05) is 26.4 Å². The number of hydrogen-bond acceptors (Lipinski definition) is 5. The third-order valence-corrected chi connectivity index (χ3v) is 1.10. The zero-order valence-electron chi connectivity index (χ0n) is 9.27. The SMILES string of the molecule is CCOC(C)OCC(C)O.NCCO. The Hall–Kier alpha value is -0.200. The van der Waals surface area contributed by atoms with Crippen molar-refractivity contribution in [2.45, 2.75) is 33.2 Å². The quantitative estimate of drug-likeness (QED) is 0.523. The largest absolute Gasteiger partial charge is 0.395 e. The average molecular weight is 209 g/mol. The Balaban J connectivity index is 0. The minimum atomic E-state index is -0.414. The molecule has 0 aromatic carbocycles. The zero-order valence-corrected chi connectivity index (χ0v) is 9.27. The number of rotatable bonds is 6. The summed E-state index contributed by atoms with van der Waals surface area (Å²) < 4.78 is 10.1. The summed E-state index contributed by atoms with van der Waals surface area (Å²) in [7, 11) is 0. The molecule has 0 aromatic rings. The van der Waals surface area contributed by atoms with Gasteiger partial charge in [0.05, 0.1) is 19.3 Å². The predicted molar refractivity (Wildman–Crippen MR) is 54.9 cm³/mol. The summed E-state index contributed by atoms with van der Waals surface area (Å²) in [6.07, 6.45) is -0.623. The first-order chi connectivity index (χ1) is 6.58. The Kier molecular flexibility index (Phi) is 14.8. The van der Waals surface area contributed by atoms with E-state index in [2.05, 4.69) is 0 Å². The van der Waals surface area contributed by atoms with E-state index in [-0.39, 0.29) is 12.9 Å². The zero-order chi connectivity index (χ0) is 11.4. The van der Waals surface area contributed by atoms with E-state index in [0.717, 1.165) is 0 Å². The van der Waals surface area contributed by atoms with Crippen molar-refractivity contribution >= 4 is 0 Å². The van der Waals surface area contributed by atoms with Crippen LogP contribution in [0.4, 0.5) is 0 Å². The van der Waals surface area contributed by atoms with Gasteiger partial charge in [-0.05, 0) is 20.8 Å². The maximum atomic E-state index is 8.79. The normalized spacial score (nSPS) is 14.1. The summed E-state index contributed by atoms with van der Waals surface area (Å²) >= 11 is 0. The molecule has 0 amide bonds. The van der Waals surface area contributed by atoms with Crippen LogP contribution in [0.5, 0.6) is 0 Å². The van der Waals surface area contributed by atoms with Gasteiger partial charge in [0.25, 0.3) is 0 Å². The fourth-order valence-corrected chi connectivity index (χ4v) is 0.558. The highest BCUT2D eigenvalue weighted by Gasteiger charge is 2.01. The third-order valence-electron chi connectivity index (χ3n) is 1.10. The lowest BCUT2D eigenvalue weighted by Gasteiger charge is -2.13. The van der Waals surface area contributed by atoms with Gasteiger partial charge in [0, 0.05) is 13.2 Å². The van der Waals surface area contributed by atoms with Gasteiger partial charge < -0.3 is 25.4 Å². The number of hydrogen-bond donors (Lipinski definition) is 3. The molecule has 5 heteroatoms. The number of ether oxygens (including phenoxy) is 2. The van der Waals surface area contributed by atoms with Crippen molar-refractivity contribution in [3.63, 3.8) is 0 Å². The third kappa shape index (κ3) is 17.8. The molecule has 2 unspecified atom stereocenters. The standard InChI is InChI=1S/C7H16O3.C2H7NO/c1-4-9-7(3)10-5-6(2)8;3-1-2-4/h6-8H,4-5H2,1-3H3;4H,1-3H2. The summed E-state index contributed by atoms with van der Waals surface area (Å²) in [5.74, 6) is 0. The highest BCUT2D eigenvalue weighted by atomic mass is 16.7. The van der Waals surface area contributed by atoms with Crippen LogP contribution in [0.1, 0.15) is 20.8 Å². The molecule has 2 atom stereocenters. The molecule has 0 aliphatic carbocycles. The number of aliphatic hydroxyl groups is 2. The van der Waals surface area contributed by atoms with Crippen LogP contribution in [0, 0.1) is 0 Å². The van der Waals surface area contributed by atoms with Gasteiger partial charge in [-0.1, -0.05) is 0 Å². The van der Waals surface area contributed by atoms with Crippen molar-refractivity contribution in [1.29, 1.82) is 0 Å². The molecule has 0 radical (unpaired) electrons. The van der Waals surface area contributed by atoms with E-state index in [0.29, 0.717) is 19.8 Å². The average Bonchev–Trinajstić information content (AvgIpc) is 2.16. The minimum absolute atomic E-state index is 0.0972. The van der Waals surface area contributed by atoms with Crippen LogP contribution in [0.25, 0.3) is 0 Å². The monoisotopic (exact) mass is 209 g/mol. The van der Waals surface area contributed by atoms with Crippen LogP contribution >= 0.6 is 0 Å². The highest BCUT2D eigenvalue weighted by Crippen LogP contribution is 1.93. The van der Waals surface area contributed by atoms with Crippen molar-refractivity contribution in [3.8, 4) is 0 Å². The van der Waals surface area contributed by atoms with Gasteiger partial charge in [-0.15, -0.1) is 0 Å². The molecule has 4 N–H and O–H groups in total. The summed E-state index contributed by atoms with van der Waals surface area (Å²) in [6.45, 7) is 6.84. The van der Waals surface area contributed by atoms with E-state index >= 15 is 0 Å². The van der Waals surface area contributed by atoms with Gasteiger partial charge in [-0.25, -0.2) is 0 Å². The van der Waals surface area contributed by atoms with E-state index in [4.69, 9.17) is 25.4 Å². The minimum Gasteiger partial charge on any atom is -0.395 e. The second-order valence-corrected chi connectivity index (χ2v) is 2.72. The maximum Gasteiger partial charge on any atom is 0.154 e. The molecule has 0 spiro atoms. The molecule has 0 aliphatic heterocycles. The Labute approximate surface area is 85.8 Å². The van der Waals surface area contributed by atoms with Crippen molar-refractivity contribution in [3.05, 3.63) is 0 Å². The van der Waals surface area contributed by atoms with E-state index in [1.165, 1.54) is 0 Å². The van der Waals surface area contributed by atoms with Crippen LogP contribution in [-0.4, -0.2) is 49.0 Å². The summed E-state index contributed by atoms with van der Waals surface area (Å²) in [5, 5.41) is 16.5. The molecule has 0 aliphatic rings. The topological polar surface area (TPSA) is 84.9 Å². The molecule has 0 heterocycles. The second-order valence-electron chi connectivity index (χ2n) is 2.72. The molecule has 88 valence electrons. The lowest BCUT2D eigenvalue weighted by Crippen LogP contribution is -2.19. The molecule has 0 saturated carbocycles. The molecule has 14 heavy (non-hydrogen) atoms. The Morgan fingerprint density at radius 2 is 1.79 bits per heavy atom. The lowest BCUT2D eigenvalue weighted by molar-refractivity contribution is -0.141. The molecule has 5 nitrogen and oxygen atoms in total. The molecular weight excluding hydrogens is 186 g/mol. The number of aliphatic hydroxyl groups excluding tert-OH is 2. The summed E-state index contributed by atoms with van der Waals surface area (Å²) in [6, 6.07) is 0. The van der Waals surface area contributed by atoms with Gasteiger partial charge in [0.1, 0.15) is 0 Å². The predicted octanol–water partition coefficient (Wildman–Crippen LogP) is -0.296. The molecule has 0 rings (SSSR count). The summed E-state index contributed by atoms with van der Waals surface area (Å²) in [5.41, 5.74) is 4.78. The van der Waals surface area contributed by atoms with E-state index < -0.39 is 6.10 Å². The van der Waals surface area contributed by atoms with Crippen molar-refractivity contribution in [2.24, 2.45) is 5.73 Å². The van der Waals surface area contributed by atoms with Gasteiger partial charge >= 0.3 is 0 Å².